The van der Waals surface area contributed by atoms with Crippen molar-refractivity contribution in [3.8, 4) is 34.3 Å². The molecule has 0 spiro atoms. The number of methoxy groups -OCH3 is 1. The van der Waals surface area contributed by atoms with Crippen LogP contribution >= 0.6 is 12.4 Å². The van der Waals surface area contributed by atoms with Crippen LogP contribution in [0.5, 0.6) is 5.75 Å². The molecule has 2 atom stereocenters. The van der Waals surface area contributed by atoms with Crippen LogP contribution in [0.3, 0.4) is 0 Å². The molecule has 2 aliphatic rings. The number of hydrogen-bond donors (Lipinski definition) is 3. The van der Waals surface area contributed by atoms with Gasteiger partial charge in [0.05, 0.1) is 30.0 Å². The summed E-state index contributed by atoms with van der Waals surface area (Å²) in [4.78, 5) is 17.3. The molecule has 12 heteroatoms. The minimum absolute atomic E-state index is 0. The second-order valence-corrected chi connectivity index (χ2v) is 10.7. The van der Waals surface area contributed by atoms with Crippen LogP contribution in [0, 0.1) is 17.1 Å². The van der Waals surface area contributed by atoms with Gasteiger partial charge in [-0.05, 0) is 67.8 Å². The minimum Gasteiger partial charge on any atom is -0.496 e. The Morgan fingerprint density at radius 1 is 1.14 bits per heavy atom. The van der Waals surface area contributed by atoms with Crippen molar-refractivity contribution < 1.29 is 27.5 Å². The highest BCUT2D eigenvalue weighted by molar-refractivity contribution is 5.97. The number of alkyl halides is 1. The molecule has 9 nitrogen and oxygen atoms in total. The number of anilines is 1. The number of aromatic nitrogens is 1. The number of nitrogens with one attached hydrogen (secondary N) is 3. The third-order valence-corrected chi connectivity index (χ3v) is 7.96. The van der Waals surface area contributed by atoms with E-state index in [0.29, 0.717) is 71.0 Å². The summed E-state index contributed by atoms with van der Waals surface area (Å²) < 4.78 is 46.9. The number of piperidine rings is 1. The Hall–Kier alpha value is -4.24. The van der Waals surface area contributed by atoms with Gasteiger partial charge in [0, 0.05) is 49.2 Å². The fourth-order valence-corrected chi connectivity index (χ4v) is 5.61. The second-order valence-electron chi connectivity index (χ2n) is 10.7. The molecule has 0 saturated carbocycles. The molecule has 3 N–H and O–H groups in total. The molecule has 2 unspecified atom stereocenters. The smallest absolute Gasteiger partial charge is 0.251 e. The number of nitriles is 1. The van der Waals surface area contributed by atoms with E-state index in [2.05, 4.69) is 27.0 Å². The predicted molar refractivity (Wildman–Crippen MR) is 164 cm³/mol. The number of rotatable bonds is 7. The summed E-state index contributed by atoms with van der Waals surface area (Å²) >= 11 is 0. The lowest BCUT2D eigenvalue weighted by Gasteiger charge is -2.27. The van der Waals surface area contributed by atoms with E-state index in [1.165, 1.54) is 13.2 Å². The van der Waals surface area contributed by atoms with Gasteiger partial charge in [-0.1, -0.05) is 0 Å². The van der Waals surface area contributed by atoms with Crippen LogP contribution < -0.4 is 20.7 Å². The van der Waals surface area contributed by atoms with Gasteiger partial charge in [0.15, 0.2) is 5.58 Å². The number of ether oxygens (including phenoxy) is 2. The van der Waals surface area contributed by atoms with Gasteiger partial charge in [-0.15, -0.1) is 12.4 Å². The largest absolute Gasteiger partial charge is 0.496 e. The van der Waals surface area contributed by atoms with Crippen LogP contribution in [0.15, 0.2) is 53.1 Å². The number of furan rings is 1. The average Bonchev–Trinajstić information content (AvgIpc) is 3.47. The normalized spacial score (nSPS) is 18.7. The molecule has 2 fully saturated rings. The van der Waals surface area contributed by atoms with Gasteiger partial charge < -0.3 is 29.8 Å². The number of pyridine rings is 1. The van der Waals surface area contributed by atoms with Gasteiger partial charge in [-0.3, -0.25) is 9.78 Å². The molecule has 2 saturated heterocycles. The quantitative estimate of drug-likeness (QED) is 0.242. The Bertz CT molecular complexity index is 1700. The maximum absolute atomic E-state index is 15.4. The lowest BCUT2D eigenvalue weighted by Crippen LogP contribution is -2.50. The van der Waals surface area contributed by atoms with E-state index in [1.807, 2.05) is 0 Å². The fourth-order valence-electron chi connectivity index (χ4n) is 5.61. The average molecular weight is 624 g/mol. The molecule has 0 bridgehead atoms. The zero-order chi connectivity index (χ0) is 29.9. The predicted octanol–water partition coefficient (Wildman–Crippen LogP) is 5.62. The Morgan fingerprint density at radius 3 is 2.70 bits per heavy atom. The molecular weight excluding hydrogens is 592 g/mol. The highest BCUT2D eigenvalue weighted by Crippen LogP contribution is 2.39. The van der Waals surface area contributed by atoms with Crippen molar-refractivity contribution in [1.82, 2.24) is 15.6 Å². The number of amides is 1. The van der Waals surface area contributed by atoms with Gasteiger partial charge in [0.2, 0.25) is 0 Å². The van der Waals surface area contributed by atoms with E-state index in [0.717, 1.165) is 12.8 Å². The van der Waals surface area contributed by atoms with Crippen LogP contribution in [-0.2, 0) is 4.74 Å². The molecule has 4 aromatic rings. The first-order chi connectivity index (χ1) is 20.9. The van der Waals surface area contributed by atoms with Crippen molar-refractivity contribution in [1.29, 1.82) is 5.26 Å². The van der Waals surface area contributed by atoms with Gasteiger partial charge in [-0.2, -0.15) is 5.26 Å². The number of carbonyl (C=O) groups is 1. The summed E-state index contributed by atoms with van der Waals surface area (Å²) in [6.07, 6.45) is 2.41. The monoisotopic (exact) mass is 623 g/mol. The summed E-state index contributed by atoms with van der Waals surface area (Å²) in [5, 5.41) is 18.8. The van der Waals surface area contributed by atoms with E-state index in [-0.39, 0.29) is 36.2 Å². The van der Waals surface area contributed by atoms with Crippen LogP contribution in [0.4, 0.5) is 14.5 Å². The molecule has 44 heavy (non-hydrogen) atoms. The highest BCUT2D eigenvalue weighted by Gasteiger charge is 2.27. The zero-order valence-electron chi connectivity index (χ0n) is 24.0. The lowest BCUT2D eigenvalue weighted by atomic mass is 10.0. The van der Waals surface area contributed by atoms with E-state index in [4.69, 9.17) is 13.9 Å². The number of halogens is 3. The Balaban J connectivity index is 0.00000384. The molecule has 2 aromatic carbocycles. The Morgan fingerprint density at radius 2 is 1.95 bits per heavy atom. The molecule has 6 rings (SSSR count). The van der Waals surface area contributed by atoms with Crippen molar-refractivity contribution >= 4 is 35.1 Å². The third kappa shape index (κ3) is 6.33. The van der Waals surface area contributed by atoms with Crippen LogP contribution in [0.25, 0.3) is 33.6 Å². The van der Waals surface area contributed by atoms with E-state index in [1.54, 1.807) is 42.6 Å². The lowest BCUT2D eigenvalue weighted by molar-refractivity contribution is 0.0891. The fraction of sp³-hybridized carbons (Fsp3) is 0.344. The number of nitrogens with zero attached hydrogens (tertiary/aromatic N) is 2. The maximum atomic E-state index is 15.4. The first-order valence-electron chi connectivity index (χ1n) is 14.3. The minimum atomic E-state index is -1.16. The van der Waals surface area contributed by atoms with E-state index in [9.17, 15) is 14.4 Å². The summed E-state index contributed by atoms with van der Waals surface area (Å²) in [7, 11) is 1.49. The standard InChI is InChI=1S/C32H31F2N5O4.ClH/c1-41-28-14-18(32(40)39-26-5-8-36-17-25(26)34)2-3-23(28)29-15-27-31(43-29)22(4-9-37-27)19-12-20(16-35)30(24(33)13-19)38-21-6-10-42-11-7-21;/h2-4,9,12-15,21,25-26,36,38H,5-8,10-11,17H2,1H3,(H,39,40);1H. The molecule has 1 amide bonds. The molecule has 0 aliphatic carbocycles. The first-order valence-corrected chi connectivity index (χ1v) is 14.3. The summed E-state index contributed by atoms with van der Waals surface area (Å²) in [6.45, 7) is 2.02. The van der Waals surface area contributed by atoms with Crippen molar-refractivity contribution in [2.75, 3.05) is 38.7 Å². The van der Waals surface area contributed by atoms with Crippen LogP contribution in [-0.4, -0.2) is 62.6 Å². The Kier molecular flexibility index (Phi) is 9.64. The topological polar surface area (TPSA) is 121 Å². The molecule has 2 aliphatic heterocycles. The Labute approximate surface area is 259 Å². The molecular formula is C32H32ClF2N5O4. The molecule has 4 heterocycles. The van der Waals surface area contributed by atoms with Crippen molar-refractivity contribution in [3.63, 3.8) is 0 Å². The third-order valence-electron chi connectivity index (χ3n) is 7.96. The molecule has 0 radical (unpaired) electrons. The van der Waals surface area contributed by atoms with Crippen molar-refractivity contribution in [3.05, 3.63) is 65.6 Å². The van der Waals surface area contributed by atoms with Gasteiger partial charge in [0.25, 0.3) is 5.91 Å². The maximum Gasteiger partial charge on any atom is 0.251 e. The highest BCUT2D eigenvalue weighted by atomic mass is 35.5. The molecule has 230 valence electrons. The first kappa shape index (κ1) is 31.2. The number of carbonyl (C=O) groups excluding carboxylic acids is 1. The molecule has 2 aromatic heterocycles. The van der Waals surface area contributed by atoms with Gasteiger partial charge in [-0.25, -0.2) is 8.78 Å². The number of hydrogen-bond acceptors (Lipinski definition) is 8. The van der Waals surface area contributed by atoms with Crippen LogP contribution in [0.2, 0.25) is 0 Å². The summed E-state index contributed by atoms with van der Waals surface area (Å²) in [5.41, 5.74) is 3.26. The van der Waals surface area contributed by atoms with E-state index >= 15 is 4.39 Å². The van der Waals surface area contributed by atoms with Crippen molar-refractivity contribution in [2.24, 2.45) is 0 Å². The summed E-state index contributed by atoms with van der Waals surface area (Å²) in [5.74, 6) is -0.106. The SMILES string of the molecule is COc1cc(C(=O)NC2CCNCC2F)ccc1-c1cc2nccc(-c3cc(F)c(NC4CCOCC4)c(C#N)c3)c2o1.Cl. The van der Waals surface area contributed by atoms with Crippen molar-refractivity contribution in [2.45, 2.75) is 37.5 Å². The second kappa shape index (κ2) is 13.6. The van der Waals surface area contributed by atoms with Gasteiger partial charge in [0.1, 0.15) is 35.1 Å². The van der Waals surface area contributed by atoms with E-state index < -0.39 is 23.9 Å². The number of benzene rings is 2. The zero-order valence-corrected chi connectivity index (χ0v) is 24.8. The van der Waals surface area contributed by atoms with Gasteiger partial charge >= 0.3 is 0 Å². The van der Waals surface area contributed by atoms with Crippen LogP contribution in [0.1, 0.15) is 35.2 Å². The number of fused-ring (bicyclic) bond motifs is 1. The summed E-state index contributed by atoms with van der Waals surface area (Å²) in [6, 6.07) is 13.0.